The van der Waals surface area contributed by atoms with Crippen molar-refractivity contribution in [2.45, 2.75) is 26.3 Å². The molecule has 0 saturated carbocycles. The first-order chi connectivity index (χ1) is 16.3. The van der Waals surface area contributed by atoms with E-state index in [1.807, 2.05) is 49.4 Å². The Morgan fingerprint density at radius 2 is 1.62 bits per heavy atom. The predicted molar refractivity (Wildman–Crippen MR) is 141 cm³/mol. The summed E-state index contributed by atoms with van der Waals surface area (Å²) in [5.74, 6) is 0.0299. The van der Waals surface area contributed by atoms with Gasteiger partial charge in [-0.15, -0.1) is 0 Å². The van der Waals surface area contributed by atoms with Crippen molar-refractivity contribution >= 4 is 52.3 Å². The standard InChI is InChI=1S/C26H26Cl4N2O2/c1-16-11-22(28)25(23(29)12-16)34-10-9-17-5-7-18(8-6-17)13-20(14-31)26(33)32-15-19-3-2-4-21(27)24(19)30/h2-8,11-12,20H,9-10,13-15,31H2,1H3,(H,32,33). The average Bonchev–Trinajstić information content (AvgIpc) is 2.80. The molecule has 3 N–H and O–H groups in total. The lowest BCUT2D eigenvalue weighted by Gasteiger charge is -2.16. The average molecular weight is 540 g/mol. The fraction of sp³-hybridized carbons (Fsp3) is 0.269. The highest BCUT2D eigenvalue weighted by Gasteiger charge is 2.18. The van der Waals surface area contributed by atoms with Crippen molar-refractivity contribution in [2.24, 2.45) is 11.7 Å². The Kier molecular flexibility index (Phi) is 9.93. The molecule has 0 bridgehead atoms. The van der Waals surface area contributed by atoms with Gasteiger partial charge in [0.2, 0.25) is 5.91 Å². The van der Waals surface area contributed by atoms with Crippen molar-refractivity contribution in [1.29, 1.82) is 0 Å². The van der Waals surface area contributed by atoms with E-state index in [-0.39, 0.29) is 18.4 Å². The van der Waals surface area contributed by atoms with Gasteiger partial charge < -0.3 is 15.8 Å². The van der Waals surface area contributed by atoms with Crippen molar-refractivity contribution in [3.63, 3.8) is 0 Å². The van der Waals surface area contributed by atoms with E-state index in [2.05, 4.69) is 5.32 Å². The molecular weight excluding hydrogens is 514 g/mol. The SMILES string of the molecule is Cc1cc(Cl)c(OCCc2ccc(CC(CN)C(=O)NCc3cccc(Cl)c3Cl)cc2)c(Cl)c1. The second-order valence-electron chi connectivity index (χ2n) is 8.04. The summed E-state index contributed by atoms with van der Waals surface area (Å²) in [5.41, 5.74) is 9.76. The van der Waals surface area contributed by atoms with E-state index in [9.17, 15) is 4.79 Å². The van der Waals surface area contributed by atoms with E-state index >= 15 is 0 Å². The lowest BCUT2D eigenvalue weighted by molar-refractivity contribution is -0.124. The van der Waals surface area contributed by atoms with Crippen LogP contribution in [0.1, 0.15) is 22.3 Å². The van der Waals surface area contributed by atoms with Crippen LogP contribution in [0.15, 0.2) is 54.6 Å². The summed E-state index contributed by atoms with van der Waals surface area (Å²) in [6.07, 6.45) is 1.24. The predicted octanol–water partition coefficient (Wildman–Crippen LogP) is 6.66. The van der Waals surface area contributed by atoms with Crippen LogP contribution in [0.5, 0.6) is 5.75 Å². The number of rotatable bonds is 10. The van der Waals surface area contributed by atoms with Crippen LogP contribution in [0.4, 0.5) is 0 Å². The minimum Gasteiger partial charge on any atom is -0.490 e. The van der Waals surface area contributed by atoms with E-state index in [1.54, 1.807) is 12.1 Å². The molecule has 0 aromatic heterocycles. The maximum absolute atomic E-state index is 12.7. The minimum atomic E-state index is -0.349. The van der Waals surface area contributed by atoms with Gasteiger partial charge in [-0.1, -0.05) is 82.8 Å². The normalized spacial score (nSPS) is 11.8. The molecule has 1 unspecified atom stereocenters. The van der Waals surface area contributed by atoms with Crippen LogP contribution in [0.2, 0.25) is 20.1 Å². The third-order valence-electron chi connectivity index (χ3n) is 5.42. The van der Waals surface area contributed by atoms with Gasteiger partial charge in [-0.2, -0.15) is 0 Å². The number of halogens is 4. The molecule has 0 saturated heterocycles. The number of benzene rings is 3. The third kappa shape index (κ3) is 7.27. The lowest BCUT2D eigenvalue weighted by Crippen LogP contribution is -2.36. The van der Waals surface area contributed by atoms with E-state index < -0.39 is 0 Å². The number of nitrogens with two attached hydrogens (primary N) is 1. The summed E-state index contributed by atoms with van der Waals surface area (Å²) in [5, 5.41) is 4.82. The van der Waals surface area contributed by atoms with Gasteiger partial charge in [-0.25, -0.2) is 0 Å². The van der Waals surface area contributed by atoms with E-state index in [0.717, 1.165) is 22.3 Å². The molecule has 0 fully saturated rings. The van der Waals surface area contributed by atoms with Gasteiger partial charge in [0.25, 0.3) is 0 Å². The number of hydrogen-bond donors (Lipinski definition) is 2. The summed E-state index contributed by atoms with van der Waals surface area (Å²) in [6.45, 7) is 2.91. The maximum Gasteiger partial charge on any atom is 0.224 e. The Labute approximate surface area is 220 Å². The molecule has 0 heterocycles. The molecule has 34 heavy (non-hydrogen) atoms. The molecule has 3 aromatic carbocycles. The van der Waals surface area contributed by atoms with E-state index in [0.29, 0.717) is 51.8 Å². The summed E-state index contributed by atoms with van der Waals surface area (Å²) in [4.78, 5) is 12.7. The molecule has 8 heteroatoms. The van der Waals surface area contributed by atoms with Crippen molar-refractivity contribution in [2.75, 3.05) is 13.2 Å². The van der Waals surface area contributed by atoms with Crippen LogP contribution in [0.3, 0.4) is 0 Å². The summed E-state index contributed by atoms with van der Waals surface area (Å²) in [6, 6.07) is 17.0. The highest BCUT2D eigenvalue weighted by atomic mass is 35.5. The monoisotopic (exact) mass is 538 g/mol. The molecule has 0 aliphatic rings. The van der Waals surface area contributed by atoms with Gasteiger partial charge in [0, 0.05) is 19.5 Å². The first-order valence-corrected chi connectivity index (χ1v) is 12.4. The Morgan fingerprint density at radius 1 is 0.971 bits per heavy atom. The number of carbonyl (C=O) groups excluding carboxylic acids is 1. The third-order valence-corrected chi connectivity index (χ3v) is 6.84. The molecule has 4 nitrogen and oxygen atoms in total. The van der Waals surface area contributed by atoms with Crippen LogP contribution < -0.4 is 15.8 Å². The van der Waals surface area contributed by atoms with Crippen LogP contribution >= 0.6 is 46.4 Å². The van der Waals surface area contributed by atoms with Crippen molar-refractivity contribution in [3.05, 3.63) is 96.9 Å². The lowest BCUT2D eigenvalue weighted by atomic mass is 9.97. The smallest absolute Gasteiger partial charge is 0.224 e. The zero-order valence-corrected chi connectivity index (χ0v) is 21.7. The van der Waals surface area contributed by atoms with E-state index in [1.165, 1.54) is 0 Å². The van der Waals surface area contributed by atoms with Crippen LogP contribution in [0.25, 0.3) is 0 Å². The molecule has 3 rings (SSSR count). The Morgan fingerprint density at radius 3 is 2.26 bits per heavy atom. The molecular formula is C26H26Cl4N2O2. The summed E-state index contributed by atoms with van der Waals surface area (Å²) >= 11 is 24.7. The van der Waals surface area contributed by atoms with Gasteiger partial charge in [-0.05, 0) is 53.8 Å². The quantitative estimate of drug-likeness (QED) is 0.302. The van der Waals surface area contributed by atoms with Crippen LogP contribution in [-0.4, -0.2) is 19.1 Å². The van der Waals surface area contributed by atoms with Crippen molar-refractivity contribution in [1.82, 2.24) is 5.32 Å². The highest BCUT2D eigenvalue weighted by molar-refractivity contribution is 6.42. The molecule has 3 aromatic rings. The molecule has 0 spiro atoms. The number of amides is 1. The summed E-state index contributed by atoms with van der Waals surface area (Å²) < 4.78 is 5.80. The number of carbonyl (C=O) groups is 1. The molecule has 180 valence electrons. The number of hydrogen-bond acceptors (Lipinski definition) is 3. The molecule has 0 aliphatic heterocycles. The Hall–Kier alpha value is -1.95. The van der Waals surface area contributed by atoms with Crippen LogP contribution in [-0.2, 0) is 24.2 Å². The topological polar surface area (TPSA) is 64.3 Å². The fourth-order valence-electron chi connectivity index (χ4n) is 3.52. The van der Waals surface area contributed by atoms with E-state index in [4.69, 9.17) is 56.9 Å². The zero-order valence-electron chi connectivity index (χ0n) is 18.7. The molecule has 1 atom stereocenters. The van der Waals surface area contributed by atoms with Gasteiger partial charge in [0.05, 0.1) is 32.6 Å². The molecule has 0 radical (unpaired) electrons. The minimum absolute atomic E-state index is 0.122. The fourth-order valence-corrected chi connectivity index (χ4v) is 4.61. The van der Waals surface area contributed by atoms with Crippen molar-refractivity contribution < 1.29 is 9.53 Å². The maximum atomic E-state index is 12.7. The number of ether oxygens (including phenoxy) is 1. The number of nitrogens with one attached hydrogen (secondary N) is 1. The largest absolute Gasteiger partial charge is 0.490 e. The molecule has 1 amide bonds. The molecule has 0 aliphatic carbocycles. The summed E-state index contributed by atoms with van der Waals surface area (Å²) in [7, 11) is 0. The van der Waals surface area contributed by atoms with Crippen molar-refractivity contribution in [3.8, 4) is 5.75 Å². The Balaban J connectivity index is 1.51. The zero-order chi connectivity index (χ0) is 24.7. The second kappa shape index (κ2) is 12.7. The first kappa shape index (κ1) is 26.7. The highest BCUT2D eigenvalue weighted by Crippen LogP contribution is 2.34. The van der Waals surface area contributed by atoms with Gasteiger partial charge in [-0.3, -0.25) is 4.79 Å². The van der Waals surface area contributed by atoms with Crippen LogP contribution in [0, 0.1) is 12.8 Å². The van der Waals surface area contributed by atoms with Gasteiger partial charge in [0.1, 0.15) is 0 Å². The van der Waals surface area contributed by atoms with Gasteiger partial charge >= 0.3 is 0 Å². The van der Waals surface area contributed by atoms with Gasteiger partial charge in [0.15, 0.2) is 5.75 Å². The number of aryl methyl sites for hydroxylation is 1. The first-order valence-electron chi connectivity index (χ1n) is 10.9. The Bertz CT molecular complexity index is 1110. The second-order valence-corrected chi connectivity index (χ2v) is 9.64.